The van der Waals surface area contributed by atoms with Crippen molar-refractivity contribution in [2.24, 2.45) is 0 Å². The lowest BCUT2D eigenvalue weighted by Gasteiger charge is -2.23. The van der Waals surface area contributed by atoms with E-state index in [9.17, 15) is 14.4 Å². The molecule has 8 heteroatoms. The lowest BCUT2D eigenvalue weighted by Crippen LogP contribution is -2.46. The lowest BCUT2D eigenvalue weighted by atomic mass is 10.1. The van der Waals surface area contributed by atoms with Gasteiger partial charge in [0.15, 0.2) is 5.78 Å². The number of urea groups is 1. The highest BCUT2D eigenvalue weighted by molar-refractivity contribution is 6.04. The summed E-state index contributed by atoms with van der Waals surface area (Å²) in [4.78, 5) is 41.1. The maximum absolute atomic E-state index is 12.7. The van der Waals surface area contributed by atoms with Gasteiger partial charge >= 0.3 is 12.0 Å². The number of nitrogens with zero attached hydrogens (tertiary/aromatic N) is 1. The molecule has 0 aliphatic heterocycles. The fourth-order valence-corrected chi connectivity index (χ4v) is 2.52. The Balaban J connectivity index is 3.02. The van der Waals surface area contributed by atoms with Crippen LogP contribution >= 0.6 is 0 Å². The van der Waals surface area contributed by atoms with Gasteiger partial charge in [-0.05, 0) is 33.3 Å². The van der Waals surface area contributed by atoms with Gasteiger partial charge in [-0.15, -0.1) is 0 Å². The number of ketones is 1. The summed E-state index contributed by atoms with van der Waals surface area (Å²) in [5, 5.41) is 2.77. The number of hydrogen-bond donors (Lipinski definition) is 2. The number of rotatable bonds is 8. The zero-order valence-corrected chi connectivity index (χ0v) is 15.7. The molecule has 0 saturated heterocycles. The number of H-pyrrole nitrogens is 1. The number of aromatic amines is 1. The molecule has 0 bridgehead atoms. The minimum absolute atomic E-state index is 0.0469. The second-order valence-electron chi connectivity index (χ2n) is 6.06. The molecule has 140 valence electrons. The highest BCUT2D eigenvalue weighted by Gasteiger charge is 2.25. The summed E-state index contributed by atoms with van der Waals surface area (Å²) in [5.74, 6) is -0.787. The van der Waals surface area contributed by atoms with Gasteiger partial charge in [0.1, 0.15) is 5.69 Å². The van der Waals surface area contributed by atoms with E-state index in [0.717, 1.165) is 0 Å². The first-order valence-electron chi connectivity index (χ1n) is 8.07. The van der Waals surface area contributed by atoms with Crippen molar-refractivity contribution in [3.05, 3.63) is 22.5 Å². The summed E-state index contributed by atoms with van der Waals surface area (Å²) < 4.78 is 9.72. The predicted octanol–water partition coefficient (Wildman–Crippen LogP) is 1.67. The lowest BCUT2D eigenvalue weighted by molar-refractivity contribution is 0.0593. The van der Waals surface area contributed by atoms with E-state index in [1.54, 1.807) is 13.8 Å². The van der Waals surface area contributed by atoms with E-state index in [0.29, 0.717) is 23.4 Å². The molecule has 0 aliphatic rings. The largest absolute Gasteiger partial charge is 0.464 e. The molecule has 0 aliphatic carbocycles. The molecule has 1 rings (SSSR count). The minimum atomic E-state index is -0.534. The van der Waals surface area contributed by atoms with E-state index in [2.05, 4.69) is 10.3 Å². The topological polar surface area (TPSA) is 101 Å². The zero-order chi connectivity index (χ0) is 19.1. The summed E-state index contributed by atoms with van der Waals surface area (Å²) in [5.41, 5.74) is 1.74. The normalized spacial score (nSPS) is 10.7. The Hall–Kier alpha value is -2.35. The average Bonchev–Trinajstić information content (AvgIpc) is 2.84. The predicted molar refractivity (Wildman–Crippen MR) is 93.1 cm³/mol. The zero-order valence-electron chi connectivity index (χ0n) is 15.7. The third-order valence-corrected chi connectivity index (χ3v) is 3.71. The van der Waals surface area contributed by atoms with Gasteiger partial charge in [-0.3, -0.25) is 4.79 Å². The molecule has 8 nitrogen and oxygen atoms in total. The van der Waals surface area contributed by atoms with Crippen LogP contribution < -0.4 is 5.32 Å². The third kappa shape index (κ3) is 5.32. The Morgan fingerprint density at radius 2 is 1.84 bits per heavy atom. The van der Waals surface area contributed by atoms with E-state index < -0.39 is 5.97 Å². The van der Waals surface area contributed by atoms with E-state index >= 15 is 0 Å². The average molecular weight is 353 g/mol. The van der Waals surface area contributed by atoms with E-state index in [1.807, 2.05) is 13.8 Å². The number of carbonyl (C=O) groups excluding carboxylic acids is 3. The molecule has 0 atom stereocenters. The number of carbonyl (C=O) groups is 3. The molecule has 2 amide bonds. The smallest absolute Gasteiger partial charge is 0.354 e. The SMILES string of the molecule is COCCN(CC(=O)c1c(C)[nH]c(C(=O)OC)c1C)C(=O)NC(C)C. The second-order valence-corrected chi connectivity index (χ2v) is 6.06. The van der Waals surface area contributed by atoms with Gasteiger partial charge < -0.3 is 24.7 Å². The van der Waals surface area contributed by atoms with Gasteiger partial charge in [0.05, 0.1) is 20.3 Å². The van der Waals surface area contributed by atoms with Crippen LogP contribution in [0.2, 0.25) is 0 Å². The molecule has 0 fully saturated rings. The Bertz CT molecular complexity index is 636. The molecule has 0 spiro atoms. The second kappa shape index (κ2) is 9.22. The van der Waals surface area contributed by atoms with Crippen molar-refractivity contribution in [2.75, 3.05) is 33.9 Å². The van der Waals surface area contributed by atoms with E-state index in [4.69, 9.17) is 9.47 Å². The molecule has 0 saturated carbocycles. The monoisotopic (exact) mass is 353 g/mol. The third-order valence-electron chi connectivity index (χ3n) is 3.71. The molecule has 2 N–H and O–H groups in total. The van der Waals surface area contributed by atoms with Crippen LogP contribution in [0.4, 0.5) is 4.79 Å². The Morgan fingerprint density at radius 1 is 1.20 bits per heavy atom. The number of aryl methyl sites for hydroxylation is 1. The standard InChI is InChI=1S/C17H27N3O5/c1-10(2)18-17(23)20(7-8-24-5)9-13(21)14-11(3)15(16(22)25-6)19-12(14)4/h10,19H,7-9H2,1-6H3,(H,18,23). The van der Waals surface area contributed by atoms with Crippen LogP contribution in [0.25, 0.3) is 0 Å². The van der Waals surface area contributed by atoms with Gasteiger partial charge in [0, 0.05) is 31.0 Å². The molecule has 1 aromatic rings. The van der Waals surface area contributed by atoms with E-state index in [-0.39, 0.29) is 36.6 Å². The Labute approximate surface area is 147 Å². The number of methoxy groups -OCH3 is 2. The van der Waals surface area contributed by atoms with Crippen molar-refractivity contribution < 1.29 is 23.9 Å². The van der Waals surface area contributed by atoms with Crippen LogP contribution in [-0.4, -0.2) is 67.6 Å². The van der Waals surface area contributed by atoms with Crippen molar-refractivity contribution in [1.82, 2.24) is 15.2 Å². The number of aromatic nitrogens is 1. The van der Waals surface area contributed by atoms with Gasteiger partial charge in [-0.1, -0.05) is 0 Å². The van der Waals surface area contributed by atoms with Gasteiger partial charge in [0.2, 0.25) is 0 Å². The van der Waals surface area contributed by atoms with Crippen LogP contribution in [0.3, 0.4) is 0 Å². The number of ether oxygens (including phenoxy) is 2. The quantitative estimate of drug-likeness (QED) is 0.547. The molecule has 1 heterocycles. The summed E-state index contributed by atoms with van der Waals surface area (Å²) in [7, 11) is 2.81. The highest BCUT2D eigenvalue weighted by atomic mass is 16.5. The first-order chi connectivity index (χ1) is 11.7. The summed E-state index contributed by atoms with van der Waals surface area (Å²) in [6.07, 6.45) is 0. The number of nitrogens with one attached hydrogen (secondary N) is 2. The Kier molecular flexibility index (Phi) is 7.63. The van der Waals surface area contributed by atoms with Crippen LogP contribution in [0.1, 0.15) is 46.0 Å². The number of amides is 2. The number of esters is 1. The molecule has 0 radical (unpaired) electrons. The maximum atomic E-state index is 12.7. The summed E-state index contributed by atoms with van der Waals surface area (Å²) in [6, 6.07) is -0.381. The van der Waals surface area contributed by atoms with E-state index in [1.165, 1.54) is 19.1 Å². The molecule has 0 unspecified atom stereocenters. The van der Waals surface area contributed by atoms with Crippen molar-refractivity contribution in [1.29, 1.82) is 0 Å². The highest BCUT2D eigenvalue weighted by Crippen LogP contribution is 2.19. The van der Waals surface area contributed by atoms with Crippen LogP contribution in [-0.2, 0) is 9.47 Å². The first kappa shape index (κ1) is 20.7. The molecular weight excluding hydrogens is 326 g/mol. The summed E-state index contributed by atoms with van der Waals surface area (Å²) in [6.45, 7) is 7.57. The Morgan fingerprint density at radius 3 is 2.36 bits per heavy atom. The molecule has 0 aromatic carbocycles. The van der Waals surface area contributed by atoms with Crippen LogP contribution in [0, 0.1) is 13.8 Å². The van der Waals surface area contributed by atoms with Crippen molar-refractivity contribution in [3.63, 3.8) is 0 Å². The molecule has 1 aromatic heterocycles. The fraction of sp³-hybridized carbons (Fsp3) is 0.588. The number of Topliss-reactive ketones (excluding diaryl/α,β-unsaturated/α-hetero) is 1. The van der Waals surface area contributed by atoms with Crippen LogP contribution in [0.15, 0.2) is 0 Å². The van der Waals surface area contributed by atoms with Gasteiger partial charge in [-0.25, -0.2) is 9.59 Å². The van der Waals surface area contributed by atoms with Crippen LogP contribution in [0.5, 0.6) is 0 Å². The maximum Gasteiger partial charge on any atom is 0.354 e. The first-order valence-corrected chi connectivity index (χ1v) is 8.07. The summed E-state index contributed by atoms with van der Waals surface area (Å²) >= 11 is 0. The minimum Gasteiger partial charge on any atom is -0.464 e. The van der Waals surface area contributed by atoms with Crippen molar-refractivity contribution >= 4 is 17.8 Å². The van der Waals surface area contributed by atoms with Crippen molar-refractivity contribution in [2.45, 2.75) is 33.7 Å². The molecule has 25 heavy (non-hydrogen) atoms. The number of hydrogen-bond acceptors (Lipinski definition) is 5. The van der Waals surface area contributed by atoms with Gasteiger partial charge in [-0.2, -0.15) is 0 Å². The fourth-order valence-electron chi connectivity index (χ4n) is 2.52. The molecular formula is C17H27N3O5. The van der Waals surface area contributed by atoms with Crippen molar-refractivity contribution in [3.8, 4) is 0 Å². The van der Waals surface area contributed by atoms with Gasteiger partial charge in [0.25, 0.3) is 0 Å².